The van der Waals surface area contributed by atoms with Crippen LogP contribution in [0.15, 0.2) is 30.3 Å². The molecule has 0 saturated heterocycles. The van der Waals surface area contributed by atoms with Crippen molar-refractivity contribution in [1.29, 1.82) is 0 Å². The third-order valence-corrected chi connectivity index (χ3v) is 5.42. The summed E-state index contributed by atoms with van der Waals surface area (Å²) in [7, 11) is -3.50. The van der Waals surface area contributed by atoms with Gasteiger partial charge in [-0.25, -0.2) is 18.0 Å². The number of sulfonamides is 1. The van der Waals surface area contributed by atoms with Crippen LogP contribution in [0.1, 0.15) is 39.4 Å². The molecule has 2 rings (SSSR count). The summed E-state index contributed by atoms with van der Waals surface area (Å²) < 4.78 is 34.8. The van der Waals surface area contributed by atoms with Crippen molar-refractivity contribution in [3.63, 3.8) is 0 Å². The van der Waals surface area contributed by atoms with Crippen LogP contribution in [0.25, 0.3) is 0 Å². The van der Waals surface area contributed by atoms with Gasteiger partial charge in [-0.15, -0.1) is 11.3 Å². The van der Waals surface area contributed by atoms with E-state index in [-0.39, 0.29) is 23.4 Å². The molecule has 0 unspecified atom stereocenters. The van der Waals surface area contributed by atoms with Gasteiger partial charge in [0.1, 0.15) is 5.00 Å². The van der Waals surface area contributed by atoms with Gasteiger partial charge in [0, 0.05) is 10.6 Å². The fourth-order valence-electron chi connectivity index (χ4n) is 2.37. The van der Waals surface area contributed by atoms with Crippen LogP contribution in [-0.4, -0.2) is 45.7 Å². The van der Waals surface area contributed by atoms with Crippen molar-refractivity contribution >= 4 is 49.9 Å². The molecule has 2 aromatic rings. The Labute approximate surface area is 178 Å². The highest BCUT2D eigenvalue weighted by Crippen LogP contribution is 2.29. The first-order valence-electron chi connectivity index (χ1n) is 8.97. The lowest BCUT2D eigenvalue weighted by Gasteiger charge is -2.08. The number of nitrogens with one attached hydrogen (secondary N) is 2. The van der Waals surface area contributed by atoms with Crippen LogP contribution < -0.4 is 10.0 Å². The number of rotatable bonds is 9. The summed E-state index contributed by atoms with van der Waals surface area (Å²) in [6, 6.07) is 7.34. The SMILES string of the molecule is CCOC(=O)c1cc(CC)sc1NC(=O)COC(=O)c1cccc(NS(C)(=O)=O)c1. The molecular weight excluding hydrogens is 432 g/mol. The van der Waals surface area contributed by atoms with E-state index in [0.717, 1.165) is 11.1 Å². The van der Waals surface area contributed by atoms with Gasteiger partial charge in [-0.2, -0.15) is 0 Å². The van der Waals surface area contributed by atoms with E-state index in [1.165, 1.54) is 35.6 Å². The van der Waals surface area contributed by atoms with Gasteiger partial charge in [-0.1, -0.05) is 13.0 Å². The molecule has 1 amide bonds. The number of anilines is 2. The quantitative estimate of drug-likeness (QED) is 0.558. The van der Waals surface area contributed by atoms with Gasteiger partial charge in [0.15, 0.2) is 6.61 Å². The number of hydrogen-bond acceptors (Lipinski definition) is 8. The lowest BCUT2D eigenvalue weighted by molar-refractivity contribution is -0.119. The minimum absolute atomic E-state index is 0.0769. The van der Waals surface area contributed by atoms with Crippen molar-refractivity contribution in [1.82, 2.24) is 0 Å². The number of esters is 2. The fraction of sp³-hybridized carbons (Fsp3) is 0.316. The van der Waals surface area contributed by atoms with E-state index in [4.69, 9.17) is 9.47 Å². The Hall–Kier alpha value is -2.92. The highest BCUT2D eigenvalue weighted by atomic mass is 32.2. The molecule has 0 bridgehead atoms. The van der Waals surface area contributed by atoms with Gasteiger partial charge < -0.3 is 14.8 Å². The molecular formula is C19H22N2O7S2. The zero-order valence-corrected chi connectivity index (χ0v) is 18.3. The smallest absolute Gasteiger partial charge is 0.341 e. The Balaban J connectivity index is 2.01. The third-order valence-electron chi connectivity index (χ3n) is 3.62. The van der Waals surface area contributed by atoms with Crippen LogP contribution in [0.5, 0.6) is 0 Å². The van der Waals surface area contributed by atoms with E-state index in [9.17, 15) is 22.8 Å². The number of aryl methyl sites for hydroxylation is 1. The molecule has 0 radical (unpaired) electrons. The second kappa shape index (κ2) is 10.2. The maximum atomic E-state index is 12.2. The first-order valence-corrected chi connectivity index (χ1v) is 11.7. The van der Waals surface area contributed by atoms with Crippen molar-refractivity contribution in [3.05, 3.63) is 46.3 Å². The van der Waals surface area contributed by atoms with Crippen LogP contribution in [0.3, 0.4) is 0 Å². The Bertz CT molecular complexity index is 1040. The molecule has 0 atom stereocenters. The van der Waals surface area contributed by atoms with Crippen LogP contribution in [0, 0.1) is 0 Å². The van der Waals surface area contributed by atoms with E-state index in [0.29, 0.717) is 11.4 Å². The fourth-order valence-corrected chi connectivity index (χ4v) is 3.93. The molecule has 0 fully saturated rings. The zero-order chi connectivity index (χ0) is 22.3. The van der Waals surface area contributed by atoms with Crippen molar-refractivity contribution < 1.29 is 32.3 Å². The Kier molecular flexibility index (Phi) is 7.95. The summed E-state index contributed by atoms with van der Waals surface area (Å²) in [5.41, 5.74) is 0.521. The normalized spacial score (nSPS) is 10.9. The number of benzene rings is 1. The van der Waals surface area contributed by atoms with Crippen LogP contribution >= 0.6 is 11.3 Å². The lowest BCUT2D eigenvalue weighted by atomic mass is 10.2. The molecule has 30 heavy (non-hydrogen) atoms. The number of hydrogen-bond donors (Lipinski definition) is 2. The second-order valence-electron chi connectivity index (χ2n) is 6.11. The molecule has 9 nitrogen and oxygen atoms in total. The standard InChI is InChI=1S/C19H22N2O7S2/c1-4-14-10-15(19(24)27-5-2)17(29-14)20-16(22)11-28-18(23)12-7-6-8-13(9-12)21-30(3,25)26/h6-10,21H,4-5,11H2,1-3H3,(H,20,22). The van der Waals surface area contributed by atoms with Crippen molar-refractivity contribution in [3.8, 4) is 0 Å². The Morgan fingerprint density at radius 1 is 1.07 bits per heavy atom. The summed E-state index contributed by atoms with van der Waals surface area (Å²) in [6.45, 7) is 3.22. The van der Waals surface area contributed by atoms with Gasteiger partial charge in [-0.05, 0) is 37.6 Å². The van der Waals surface area contributed by atoms with Crippen LogP contribution in [-0.2, 0) is 30.7 Å². The van der Waals surface area contributed by atoms with E-state index in [1.54, 1.807) is 13.0 Å². The molecule has 0 aliphatic rings. The predicted octanol–water partition coefficient (Wildman–Crippen LogP) is 2.65. The zero-order valence-electron chi connectivity index (χ0n) is 16.7. The Morgan fingerprint density at radius 3 is 2.43 bits per heavy atom. The molecule has 0 aliphatic heterocycles. The molecule has 2 N–H and O–H groups in total. The van der Waals surface area contributed by atoms with Crippen molar-refractivity contribution in [2.45, 2.75) is 20.3 Å². The molecule has 1 heterocycles. The molecule has 162 valence electrons. The summed E-state index contributed by atoms with van der Waals surface area (Å²) in [6.07, 6.45) is 1.67. The number of carbonyl (C=O) groups is 3. The monoisotopic (exact) mass is 454 g/mol. The second-order valence-corrected chi connectivity index (χ2v) is 8.99. The summed E-state index contributed by atoms with van der Waals surface area (Å²) in [5.74, 6) is -1.96. The molecule has 1 aromatic carbocycles. The average Bonchev–Trinajstić information content (AvgIpc) is 3.08. The largest absolute Gasteiger partial charge is 0.462 e. The van der Waals surface area contributed by atoms with Gasteiger partial charge in [0.05, 0.1) is 24.0 Å². The van der Waals surface area contributed by atoms with Crippen molar-refractivity contribution in [2.24, 2.45) is 0 Å². The number of carbonyl (C=O) groups excluding carboxylic acids is 3. The summed E-state index contributed by atoms with van der Waals surface area (Å²) in [4.78, 5) is 37.3. The molecule has 11 heteroatoms. The summed E-state index contributed by atoms with van der Waals surface area (Å²) in [5, 5.41) is 2.89. The van der Waals surface area contributed by atoms with Gasteiger partial charge >= 0.3 is 11.9 Å². The lowest BCUT2D eigenvalue weighted by Crippen LogP contribution is -2.21. The first kappa shape index (κ1) is 23.4. The van der Waals surface area contributed by atoms with E-state index in [1.807, 2.05) is 6.92 Å². The van der Waals surface area contributed by atoms with E-state index >= 15 is 0 Å². The first-order chi connectivity index (χ1) is 14.1. The maximum Gasteiger partial charge on any atom is 0.341 e. The predicted molar refractivity (Wildman–Crippen MR) is 113 cm³/mol. The number of amides is 1. The number of thiophene rings is 1. The van der Waals surface area contributed by atoms with Gasteiger partial charge in [-0.3, -0.25) is 9.52 Å². The maximum absolute atomic E-state index is 12.2. The molecule has 1 aromatic heterocycles. The highest BCUT2D eigenvalue weighted by Gasteiger charge is 2.19. The topological polar surface area (TPSA) is 128 Å². The third kappa shape index (κ3) is 6.85. The van der Waals surface area contributed by atoms with Crippen LogP contribution in [0.4, 0.5) is 10.7 Å². The highest BCUT2D eigenvalue weighted by molar-refractivity contribution is 7.92. The molecule has 0 saturated carbocycles. The average molecular weight is 455 g/mol. The van der Waals surface area contributed by atoms with Gasteiger partial charge in [0.2, 0.25) is 10.0 Å². The van der Waals surface area contributed by atoms with Crippen LogP contribution in [0.2, 0.25) is 0 Å². The van der Waals surface area contributed by atoms with E-state index < -0.39 is 34.5 Å². The summed E-state index contributed by atoms with van der Waals surface area (Å²) >= 11 is 1.24. The minimum atomic E-state index is -3.50. The minimum Gasteiger partial charge on any atom is -0.462 e. The number of ether oxygens (including phenoxy) is 2. The Morgan fingerprint density at radius 2 is 1.80 bits per heavy atom. The van der Waals surface area contributed by atoms with E-state index in [2.05, 4.69) is 10.0 Å². The molecule has 0 aliphatic carbocycles. The van der Waals surface area contributed by atoms with Crippen molar-refractivity contribution in [2.75, 3.05) is 29.5 Å². The van der Waals surface area contributed by atoms with Gasteiger partial charge in [0.25, 0.3) is 5.91 Å². The molecule has 0 spiro atoms.